The highest BCUT2D eigenvalue weighted by molar-refractivity contribution is 8.00. The molecule has 1 atom stereocenters. The Kier molecular flexibility index (Phi) is 2.47. The third kappa shape index (κ3) is 1.55. The molecule has 0 amide bonds. The molecular weight excluding hydrogens is 116 g/mol. The molecular formula is C7H12S. The zero-order valence-electron chi connectivity index (χ0n) is 5.26. The van der Waals surface area contributed by atoms with Gasteiger partial charge in [0.2, 0.25) is 0 Å². The predicted octanol–water partition coefficient (Wildman–Crippen LogP) is 2.46. The first-order valence-electron chi connectivity index (χ1n) is 3.21. The van der Waals surface area contributed by atoms with Gasteiger partial charge in [-0.15, -0.1) is 0 Å². The van der Waals surface area contributed by atoms with Crippen LogP contribution in [0.25, 0.3) is 0 Å². The van der Waals surface area contributed by atoms with Gasteiger partial charge < -0.3 is 0 Å². The largest absolute Gasteiger partial charge is 0.150 e. The molecule has 0 nitrogen and oxygen atoms in total. The molecule has 1 heteroatoms. The Morgan fingerprint density at radius 3 is 3.12 bits per heavy atom. The zero-order valence-corrected chi connectivity index (χ0v) is 6.08. The molecule has 1 rings (SSSR count). The smallest absolute Gasteiger partial charge is 0.0230 e. The highest BCUT2D eigenvalue weighted by Crippen LogP contribution is 2.22. The van der Waals surface area contributed by atoms with Crippen LogP contribution in [0.4, 0.5) is 0 Å². The molecule has 0 bridgehead atoms. The molecule has 1 aliphatic heterocycles. The average Bonchev–Trinajstić information content (AvgIpc) is 2.19. The van der Waals surface area contributed by atoms with Crippen LogP contribution in [0.3, 0.4) is 0 Å². The van der Waals surface area contributed by atoms with E-state index >= 15 is 0 Å². The lowest BCUT2D eigenvalue weighted by atomic mass is 10.2. The summed E-state index contributed by atoms with van der Waals surface area (Å²) in [6.07, 6.45) is 7.28. The Labute approximate surface area is 55.4 Å². The summed E-state index contributed by atoms with van der Waals surface area (Å²) >= 11 is 2.06. The second-order valence-corrected chi connectivity index (χ2v) is 3.36. The van der Waals surface area contributed by atoms with E-state index in [2.05, 4.69) is 30.8 Å². The van der Waals surface area contributed by atoms with Crippen molar-refractivity contribution in [2.24, 2.45) is 0 Å². The average molecular weight is 128 g/mol. The van der Waals surface area contributed by atoms with Gasteiger partial charge in [-0.25, -0.2) is 0 Å². The fourth-order valence-corrected chi connectivity index (χ4v) is 2.00. The normalized spacial score (nSPS) is 26.9. The lowest BCUT2D eigenvalue weighted by Gasteiger charge is -2.01. The van der Waals surface area contributed by atoms with Gasteiger partial charge in [-0.05, 0) is 6.42 Å². The van der Waals surface area contributed by atoms with Gasteiger partial charge in [-0.2, -0.15) is 11.8 Å². The van der Waals surface area contributed by atoms with E-state index in [1.807, 2.05) is 0 Å². The maximum absolute atomic E-state index is 2.33. The minimum atomic E-state index is 0.847. The molecule has 1 aliphatic rings. The molecule has 0 unspecified atom stereocenters. The first-order valence-corrected chi connectivity index (χ1v) is 4.26. The molecule has 46 valence electrons. The van der Waals surface area contributed by atoms with Gasteiger partial charge in [-0.1, -0.05) is 25.5 Å². The molecule has 1 heterocycles. The molecule has 0 aromatic rings. The Hall–Kier alpha value is 0.0900. The van der Waals surface area contributed by atoms with Crippen LogP contribution in [0, 0.1) is 0 Å². The van der Waals surface area contributed by atoms with E-state index in [-0.39, 0.29) is 0 Å². The van der Waals surface area contributed by atoms with Crippen LogP contribution in [0.5, 0.6) is 0 Å². The van der Waals surface area contributed by atoms with E-state index in [1.165, 1.54) is 18.6 Å². The van der Waals surface area contributed by atoms with E-state index in [0.717, 1.165) is 5.25 Å². The maximum Gasteiger partial charge on any atom is 0.0230 e. The van der Waals surface area contributed by atoms with Crippen molar-refractivity contribution in [3.05, 3.63) is 12.2 Å². The Morgan fingerprint density at radius 1 is 1.75 bits per heavy atom. The Bertz CT molecular complexity index is 86.4. The molecule has 8 heavy (non-hydrogen) atoms. The minimum Gasteiger partial charge on any atom is -0.150 e. The van der Waals surface area contributed by atoms with Crippen LogP contribution in [0.1, 0.15) is 19.8 Å². The maximum atomic E-state index is 2.33. The van der Waals surface area contributed by atoms with Crippen LogP contribution in [-0.4, -0.2) is 11.0 Å². The zero-order chi connectivity index (χ0) is 5.82. The molecule has 0 saturated carbocycles. The summed E-state index contributed by atoms with van der Waals surface area (Å²) in [6.45, 7) is 2.24. The fraction of sp³-hybridized carbons (Fsp3) is 0.714. The van der Waals surface area contributed by atoms with Gasteiger partial charge in [0, 0.05) is 11.0 Å². The van der Waals surface area contributed by atoms with E-state index in [4.69, 9.17) is 0 Å². The second-order valence-electron chi connectivity index (χ2n) is 2.09. The van der Waals surface area contributed by atoms with E-state index < -0.39 is 0 Å². The Morgan fingerprint density at radius 2 is 2.62 bits per heavy atom. The van der Waals surface area contributed by atoms with Crippen molar-refractivity contribution in [1.82, 2.24) is 0 Å². The summed E-state index contributed by atoms with van der Waals surface area (Å²) in [5, 5.41) is 0.847. The third-order valence-electron chi connectivity index (χ3n) is 1.33. The standard InChI is InChI=1S/C7H12S/c1-2-4-7-5-3-6-8-7/h3,5,7H,2,4,6H2,1H3/t7-/m1/s1. The summed E-state index contributed by atoms with van der Waals surface area (Å²) in [5.74, 6) is 1.24. The summed E-state index contributed by atoms with van der Waals surface area (Å²) in [4.78, 5) is 0. The van der Waals surface area contributed by atoms with E-state index in [0.29, 0.717) is 0 Å². The minimum absolute atomic E-state index is 0.847. The van der Waals surface area contributed by atoms with Gasteiger partial charge in [0.25, 0.3) is 0 Å². The molecule has 0 saturated heterocycles. The molecule has 0 spiro atoms. The monoisotopic (exact) mass is 128 g/mol. The van der Waals surface area contributed by atoms with Crippen molar-refractivity contribution in [3.63, 3.8) is 0 Å². The van der Waals surface area contributed by atoms with Crippen LogP contribution < -0.4 is 0 Å². The molecule has 0 N–H and O–H groups in total. The number of thioether (sulfide) groups is 1. The SMILES string of the molecule is CCC[C@@H]1C=CCS1. The predicted molar refractivity (Wildman–Crippen MR) is 40.3 cm³/mol. The summed E-state index contributed by atoms with van der Waals surface area (Å²) in [7, 11) is 0. The third-order valence-corrected chi connectivity index (χ3v) is 2.54. The fourth-order valence-electron chi connectivity index (χ4n) is 0.906. The number of hydrogen-bond donors (Lipinski definition) is 0. The molecule has 0 fully saturated rings. The number of rotatable bonds is 2. The van der Waals surface area contributed by atoms with Crippen molar-refractivity contribution in [3.8, 4) is 0 Å². The van der Waals surface area contributed by atoms with E-state index in [9.17, 15) is 0 Å². The van der Waals surface area contributed by atoms with Gasteiger partial charge >= 0.3 is 0 Å². The summed E-state index contributed by atoms with van der Waals surface area (Å²) < 4.78 is 0. The van der Waals surface area contributed by atoms with Crippen molar-refractivity contribution < 1.29 is 0 Å². The topological polar surface area (TPSA) is 0 Å². The van der Waals surface area contributed by atoms with Gasteiger partial charge in [0.15, 0.2) is 0 Å². The molecule has 0 aromatic carbocycles. The lowest BCUT2D eigenvalue weighted by molar-refractivity contribution is 0.832. The van der Waals surface area contributed by atoms with Crippen molar-refractivity contribution in [2.45, 2.75) is 25.0 Å². The van der Waals surface area contributed by atoms with Gasteiger partial charge in [-0.3, -0.25) is 0 Å². The summed E-state index contributed by atoms with van der Waals surface area (Å²) in [5.41, 5.74) is 0. The van der Waals surface area contributed by atoms with E-state index in [1.54, 1.807) is 0 Å². The van der Waals surface area contributed by atoms with Gasteiger partial charge in [0.05, 0.1) is 0 Å². The van der Waals surface area contributed by atoms with Crippen molar-refractivity contribution in [2.75, 3.05) is 5.75 Å². The lowest BCUT2D eigenvalue weighted by Crippen LogP contribution is -1.91. The van der Waals surface area contributed by atoms with Crippen LogP contribution in [0.15, 0.2) is 12.2 Å². The van der Waals surface area contributed by atoms with Crippen LogP contribution in [0.2, 0.25) is 0 Å². The molecule has 0 radical (unpaired) electrons. The van der Waals surface area contributed by atoms with Crippen LogP contribution >= 0.6 is 11.8 Å². The van der Waals surface area contributed by atoms with Crippen molar-refractivity contribution >= 4 is 11.8 Å². The first-order chi connectivity index (χ1) is 3.93. The quantitative estimate of drug-likeness (QED) is 0.515. The number of hydrogen-bond acceptors (Lipinski definition) is 1. The highest BCUT2D eigenvalue weighted by atomic mass is 32.2. The van der Waals surface area contributed by atoms with Gasteiger partial charge in [0.1, 0.15) is 0 Å². The van der Waals surface area contributed by atoms with Crippen LogP contribution in [-0.2, 0) is 0 Å². The van der Waals surface area contributed by atoms with Crippen molar-refractivity contribution in [1.29, 1.82) is 0 Å². The highest BCUT2D eigenvalue weighted by Gasteiger charge is 2.06. The second kappa shape index (κ2) is 3.18. The first kappa shape index (κ1) is 6.21. The molecule has 0 aliphatic carbocycles. The molecule has 0 aromatic heterocycles. The summed E-state index contributed by atoms with van der Waals surface area (Å²) in [6, 6.07) is 0. The Balaban J connectivity index is 2.16.